The molecule has 1 heterocycles. The number of aliphatic carboxylic acids is 2. The molecule has 2 rings (SSSR count). The van der Waals surface area contributed by atoms with Crippen LogP contribution in [0.2, 0.25) is 0 Å². The Hall–Kier alpha value is -2.57. The Morgan fingerprint density at radius 3 is 1.82 bits per heavy atom. The third-order valence-electron chi connectivity index (χ3n) is 4.05. The first kappa shape index (κ1) is 23.5. The highest BCUT2D eigenvalue weighted by molar-refractivity contribution is 5.83. The molecular weight excluding hydrogens is 372 g/mol. The van der Waals surface area contributed by atoms with E-state index in [0.717, 1.165) is 32.7 Å². The van der Waals surface area contributed by atoms with Crippen molar-refractivity contribution in [3.05, 3.63) is 35.9 Å². The molecule has 1 fully saturated rings. The molecule has 2 unspecified atom stereocenters. The molecule has 11 heteroatoms. The van der Waals surface area contributed by atoms with Gasteiger partial charge in [0.15, 0.2) is 12.2 Å². The highest BCUT2D eigenvalue weighted by Crippen LogP contribution is 2.07. The summed E-state index contributed by atoms with van der Waals surface area (Å²) in [6.45, 7) is 5.20. The van der Waals surface area contributed by atoms with Gasteiger partial charge in [0.25, 0.3) is 0 Å². The number of hydrazine groups is 1. The van der Waals surface area contributed by atoms with Crippen molar-refractivity contribution in [3.63, 3.8) is 0 Å². The molecule has 0 aliphatic carbocycles. The van der Waals surface area contributed by atoms with Gasteiger partial charge in [0.2, 0.25) is 5.91 Å². The number of carbonyl (C=O) groups excluding carboxylic acids is 1. The highest BCUT2D eigenvalue weighted by Gasteiger charge is 2.29. The van der Waals surface area contributed by atoms with Gasteiger partial charge in [-0.15, -0.1) is 0 Å². The van der Waals surface area contributed by atoms with E-state index < -0.39 is 24.1 Å². The van der Waals surface area contributed by atoms with Gasteiger partial charge < -0.3 is 20.4 Å². The molecule has 1 aliphatic rings. The molecule has 1 aliphatic heterocycles. The quantitative estimate of drug-likeness (QED) is 0.166. The number of nitrogens with two attached hydrogens (primary N) is 1. The Labute approximate surface area is 161 Å². The molecule has 2 atom stereocenters. The third-order valence-corrected chi connectivity index (χ3v) is 4.05. The fraction of sp³-hybridized carbons (Fsp3) is 0.471. The number of hydrogen-bond donors (Lipinski definition) is 6. The Balaban J connectivity index is 0.000000336. The number of carbonyl (C=O) groups is 3. The van der Waals surface area contributed by atoms with Gasteiger partial charge in [-0.2, -0.15) is 0 Å². The number of nitrogens with one attached hydrogen (secondary N) is 1. The summed E-state index contributed by atoms with van der Waals surface area (Å²) in [7, 11) is 0. The highest BCUT2D eigenvalue weighted by atomic mass is 16.4. The average Bonchev–Trinajstić information content (AvgIpc) is 2.69. The largest absolute Gasteiger partial charge is 0.479 e. The van der Waals surface area contributed by atoms with Crippen LogP contribution in [0.3, 0.4) is 0 Å². The van der Waals surface area contributed by atoms with Crippen molar-refractivity contribution in [3.8, 4) is 0 Å². The van der Waals surface area contributed by atoms with Crippen LogP contribution >= 0.6 is 0 Å². The molecule has 156 valence electrons. The lowest BCUT2D eigenvalue weighted by atomic mass is 10.2. The van der Waals surface area contributed by atoms with E-state index in [-0.39, 0.29) is 5.91 Å². The van der Waals surface area contributed by atoms with Gasteiger partial charge >= 0.3 is 11.9 Å². The first-order valence-electron chi connectivity index (χ1n) is 8.54. The molecule has 7 N–H and O–H groups in total. The summed E-state index contributed by atoms with van der Waals surface area (Å²) in [5, 5.41) is 32.5. The van der Waals surface area contributed by atoms with E-state index in [2.05, 4.69) is 39.5 Å². The summed E-state index contributed by atoms with van der Waals surface area (Å²) in [6.07, 6.45) is -4.53. The smallest absolute Gasteiger partial charge is 0.335 e. The van der Waals surface area contributed by atoms with Crippen molar-refractivity contribution in [1.29, 1.82) is 0 Å². The maximum atomic E-state index is 11.2. The lowest BCUT2D eigenvalue weighted by Gasteiger charge is -2.34. The number of carboxylic acid groups (broad SMARTS) is 2. The number of aliphatic hydroxyl groups is 2. The first-order chi connectivity index (χ1) is 13.2. The topological polar surface area (TPSA) is 177 Å². The molecule has 11 nitrogen and oxygen atoms in total. The molecule has 0 radical (unpaired) electrons. The zero-order valence-electron chi connectivity index (χ0n) is 15.3. The summed E-state index contributed by atoms with van der Waals surface area (Å²) in [6, 6.07) is 10.5. The van der Waals surface area contributed by atoms with E-state index in [1.807, 2.05) is 6.07 Å². The van der Waals surface area contributed by atoms with Crippen LogP contribution in [0.15, 0.2) is 30.3 Å². The maximum absolute atomic E-state index is 11.2. The number of benzene rings is 1. The fourth-order valence-electron chi connectivity index (χ4n) is 2.47. The minimum absolute atomic E-state index is 0.119. The van der Waals surface area contributed by atoms with Gasteiger partial charge in [0.1, 0.15) is 0 Å². The Morgan fingerprint density at radius 1 is 0.929 bits per heavy atom. The van der Waals surface area contributed by atoms with Crippen LogP contribution in [0.1, 0.15) is 5.56 Å². The van der Waals surface area contributed by atoms with E-state index >= 15 is 0 Å². The monoisotopic (exact) mass is 398 g/mol. The van der Waals surface area contributed by atoms with Crippen molar-refractivity contribution in [1.82, 2.24) is 15.2 Å². The number of amides is 1. The standard InChI is InChI=1S/C13H20N4O.C4H6O6/c14-15-13(18)11-17-8-6-16(7-9-17)10-12-4-2-1-3-5-12;5-1(3(7)8)2(6)4(9)10/h1-5H,6-11,14H2,(H,15,18);1-2,5-6H,(H,7,8)(H,9,10). The summed E-state index contributed by atoms with van der Waals surface area (Å²) in [4.78, 5) is 35.2. The summed E-state index contributed by atoms with van der Waals surface area (Å²) in [5.74, 6) is 1.43. The second-order valence-electron chi connectivity index (χ2n) is 6.17. The zero-order chi connectivity index (χ0) is 21.1. The van der Waals surface area contributed by atoms with Crippen molar-refractivity contribution >= 4 is 17.8 Å². The Bertz CT molecular complexity index is 618. The molecule has 0 saturated carbocycles. The van der Waals surface area contributed by atoms with E-state index in [9.17, 15) is 14.4 Å². The van der Waals surface area contributed by atoms with Crippen molar-refractivity contribution in [2.24, 2.45) is 5.84 Å². The van der Waals surface area contributed by atoms with Crippen LogP contribution in [-0.4, -0.2) is 93.0 Å². The minimum Gasteiger partial charge on any atom is -0.479 e. The molecule has 1 saturated heterocycles. The third kappa shape index (κ3) is 8.41. The minimum atomic E-state index is -2.27. The lowest BCUT2D eigenvalue weighted by molar-refractivity contribution is -0.165. The van der Waals surface area contributed by atoms with E-state index in [4.69, 9.17) is 26.3 Å². The van der Waals surface area contributed by atoms with Crippen molar-refractivity contribution in [2.45, 2.75) is 18.8 Å². The van der Waals surface area contributed by atoms with Crippen LogP contribution in [0.25, 0.3) is 0 Å². The number of aliphatic hydroxyl groups excluding tert-OH is 2. The first-order valence-corrected chi connectivity index (χ1v) is 8.54. The normalized spacial score (nSPS) is 17.0. The van der Waals surface area contributed by atoms with Gasteiger partial charge in [-0.05, 0) is 5.56 Å². The average molecular weight is 398 g/mol. The summed E-state index contributed by atoms with van der Waals surface area (Å²) >= 11 is 0. The lowest BCUT2D eigenvalue weighted by Crippen LogP contribution is -2.49. The van der Waals surface area contributed by atoms with Crippen molar-refractivity contribution in [2.75, 3.05) is 32.7 Å². The molecule has 1 aromatic rings. The van der Waals surface area contributed by atoms with Crippen LogP contribution in [0.4, 0.5) is 0 Å². The summed E-state index contributed by atoms with van der Waals surface area (Å²) in [5.41, 5.74) is 3.51. The van der Waals surface area contributed by atoms with Gasteiger partial charge in [-0.3, -0.25) is 20.0 Å². The van der Waals surface area contributed by atoms with Gasteiger partial charge in [-0.25, -0.2) is 15.4 Å². The second-order valence-corrected chi connectivity index (χ2v) is 6.17. The van der Waals surface area contributed by atoms with Crippen LogP contribution < -0.4 is 11.3 Å². The van der Waals surface area contributed by atoms with E-state index in [1.165, 1.54) is 5.56 Å². The van der Waals surface area contributed by atoms with Crippen LogP contribution in [0, 0.1) is 0 Å². The maximum Gasteiger partial charge on any atom is 0.335 e. The molecule has 0 spiro atoms. The number of nitrogens with zero attached hydrogens (tertiary/aromatic N) is 2. The predicted molar refractivity (Wildman–Crippen MR) is 97.8 cm³/mol. The molecule has 28 heavy (non-hydrogen) atoms. The second kappa shape index (κ2) is 12.0. The predicted octanol–water partition coefficient (Wildman–Crippen LogP) is -2.33. The van der Waals surface area contributed by atoms with Gasteiger partial charge in [-0.1, -0.05) is 30.3 Å². The molecule has 1 aromatic carbocycles. The van der Waals surface area contributed by atoms with E-state index in [1.54, 1.807) is 0 Å². The molecule has 0 aromatic heterocycles. The molecule has 1 amide bonds. The molecule has 0 bridgehead atoms. The van der Waals surface area contributed by atoms with E-state index in [0.29, 0.717) is 6.54 Å². The number of piperazine rings is 1. The number of rotatable bonds is 7. The summed E-state index contributed by atoms with van der Waals surface area (Å²) < 4.78 is 0. The Kier molecular flexibility index (Phi) is 10.1. The van der Waals surface area contributed by atoms with Crippen molar-refractivity contribution < 1.29 is 34.8 Å². The fourth-order valence-corrected chi connectivity index (χ4v) is 2.47. The molecular formula is C17H26N4O7. The van der Waals surface area contributed by atoms with Gasteiger partial charge in [0, 0.05) is 32.7 Å². The number of carboxylic acids is 2. The van der Waals surface area contributed by atoms with Gasteiger partial charge in [0.05, 0.1) is 6.54 Å². The number of hydrogen-bond acceptors (Lipinski definition) is 8. The zero-order valence-corrected chi connectivity index (χ0v) is 15.3. The van der Waals surface area contributed by atoms with Crippen LogP contribution in [-0.2, 0) is 20.9 Å². The van der Waals surface area contributed by atoms with Crippen LogP contribution in [0.5, 0.6) is 0 Å². The SMILES string of the molecule is NNC(=O)CN1CCN(Cc2ccccc2)CC1.O=C(O)C(O)C(O)C(=O)O. The Morgan fingerprint density at radius 2 is 1.39 bits per heavy atom.